The molecule has 0 amide bonds. The predicted molar refractivity (Wildman–Crippen MR) is 96.6 cm³/mol. The van der Waals surface area contributed by atoms with Gasteiger partial charge in [0, 0.05) is 25.3 Å². The lowest BCUT2D eigenvalue weighted by Gasteiger charge is -2.36. The van der Waals surface area contributed by atoms with Crippen molar-refractivity contribution in [2.24, 2.45) is 11.8 Å². The number of allylic oxidation sites excluding steroid dienone is 1. The lowest BCUT2D eigenvalue weighted by molar-refractivity contribution is 0.219. The van der Waals surface area contributed by atoms with Crippen LogP contribution in [0.1, 0.15) is 53.9 Å². The van der Waals surface area contributed by atoms with E-state index in [1.54, 1.807) is 0 Å². The van der Waals surface area contributed by atoms with Crippen LogP contribution in [0.5, 0.6) is 0 Å². The van der Waals surface area contributed by atoms with E-state index in [2.05, 4.69) is 50.8 Å². The summed E-state index contributed by atoms with van der Waals surface area (Å²) >= 11 is 0. The molecule has 1 saturated heterocycles. The highest BCUT2D eigenvalue weighted by Crippen LogP contribution is 2.25. The number of nitrogens with zero attached hydrogens (tertiary/aromatic N) is 2. The van der Waals surface area contributed by atoms with Crippen molar-refractivity contribution in [2.75, 3.05) is 33.2 Å². The minimum atomic E-state index is 0.725. The standard InChI is InChI=1S/C17H32N2.C2H6/c1-14(2)7-10-18(6)13-16(5)19-11-8-17(9-12-19)15(3)4;1-2/h14,17H,3,5,7-13H2,1-2,4,6H3;1-2H3. The molecule has 1 aliphatic rings. The first-order valence-corrected chi connectivity index (χ1v) is 8.66. The van der Waals surface area contributed by atoms with E-state index in [1.807, 2.05) is 13.8 Å². The van der Waals surface area contributed by atoms with Crippen molar-refractivity contribution in [3.8, 4) is 0 Å². The monoisotopic (exact) mass is 294 g/mol. The summed E-state index contributed by atoms with van der Waals surface area (Å²) in [7, 11) is 2.20. The SMILES string of the molecule is C=C(C)C1CCN(C(=C)CN(C)CCC(C)C)CC1.CC. The second-order valence-corrected chi connectivity index (χ2v) is 6.59. The Labute approximate surface area is 133 Å². The normalized spacial score (nSPS) is 15.9. The molecule has 0 saturated carbocycles. The van der Waals surface area contributed by atoms with Crippen LogP contribution in [0.2, 0.25) is 0 Å². The fourth-order valence-electron chi connectivity index (χ4n) is 2.66. The second kappa shape index (κ2) is 10.9. The molecule has 1 rings (SSSR count). The Balaban J connectivity index is 0.00000191. The number of hydrogen-bond donors (Lipinski definition) is 0. The smallest absolute Gasteiger partial charge is 0.0374 e. The summed E-state index contributed by atoms with van der Waals surface area (Å²) in [5.41, 5.74) is 2.63. The van der Waals surface area contributed by atoms with E-state index in [1.165, 1.54) is 37.1 Å². The molecule has 0 unspecified atom stereocenters. The Morgan fingerprint density at radius 1 is 1.19 bits per heavy atom. The van der Waals surface area contributed by atoms with Crippen LogP contribution in [0.25, 0.3) is 0 Å². The highest BCUT2D eigenvalue weighted by molar-refractivity contribution is 5.03. The minimum absolute atomic E-state index is 0.725. The maximum atomic E-state index is 4.28. The molecule has 0 N–H and O–H groups in total. The van der Waals surface area contributed by atoms with Crippen molar-refractivity contribution in [2.45, 2.75) is 53.9 Å². The maximum absolute atomic E-state index is 4.28. The van der Waals surface area contributed by atoms with E-state index >= 15 is 0 Å². The van der Waals surface area contributed by atoms with Gasteiger partial charge in [0.25, 0.3) is 0 Å². The van der Waals surface area contributed by atoms with Crippen LogP contribution < -0.4 is 0 Å². The van der Waals surface area contributed by atoms with Gasteiger partial charge in [-0.25, -0.2) is 0 Å². The summed E-state index contributed by atoms with van der Waals surface area (Å²) in [4.78, 5) is 4.86. The van der Waals surface area contributed by atoms with Gasteiger partial charge in [-0.05, 0) is 51.6 Å². The lowest BCUT2D eigenvalue weighted by atomic mass is 9.91. The molecule has 21 heavy (non-hydrogen) atoms. The van der Waals surface area contributed by atoms with E-state index in [9.17, 15) is 0 Å². The average Bonchev–Trinajstić information content (AvgIpc) is 2.47. The molecule has 124 valence electrons. The largest absolute Gasteiger partial charge is 0.374 e. The second-order valence-electron chi connectivity index (χ2n) is 6.59. The number of piperidine rings is 1. The van der Waals surface area contributed by atoms with Crippen LogP contribution in [-0.4, -0.2) is 43.0 Å². The number of rotatable bonds is 7. The van der Waals surface area contributed by atoms with Gasteiger partial charge in [-0.15, -0.1) is 0 Å². The molecular weight excluding hydrogens is 256 g/mol. The number of likely N-dealkylation sites (N-methyl/N-ethyl adjacent to an activating group) is 1. The Bertz CT molecular complexity index is 299. The third-order valence-electron chi connectivity index (χ3n) is 4.18. The van der Waals surface area contributed by atoms with E-state index < -0.39 is 0 Å². The molecule has 1 aliphatic heterocycles. The highest BCUT2D eigenvalue weighted by atomic mass is 15.2. The van der Waals surface area contributed by atoms with E-state index in [0.717, 1.165) is 31.5 Å². The van der Waals surface area contributed by atoms with Gasteiger partial charge in [-0.2, -0.15) is 0 Å². The van der Waals surface area contributed by atoms with Crippen molar-refractivity contribution in [1.29, 1.82) is 0 Å². The fraction of sp³-hybridized carbons (Fsp3) is 0.789. The Kier molecular flexibility index (Phi) is 10.5. The molecule has 0 spiro atoms. The molecule has 1 fully saturated rings. The minimum Gasteiger partial charge on any atom is -0.374 e. The predicted octanol–water partition coefficient (Wildman–Crippen LogP) is 4.79. The van der Waals surface area contributed by atoms with Crippen LogP contribution in [0.3, 0.4) is 0 Å². The molecule has 0 bridgehead atoms. The van der Waals surface area contributed by atoms with Crippen LogP contribution >= 0.6 is 0 Å². The third kappa shape index (κ3) is 8.31. The molecular formula is C19H38N2. The van der Waals surface area contributed by atoms with Gasteiger partial charge in [-0.1, -0.05) is 46.4 Å². The molecule has 0 atom stereocenters. The molecule has 0 aromatic heterocycles. The van der Waals surface area contributed by atoms with Crippen molar-refractivity contribution in [3.63, 3.8) is 0 Å². The van der Waals surface area contributed by atoms with Crippen molar-refractivity contribution < 1.29 is 0 Å². The van der Waals surface area contributed by atoms with Gasteiger partial charge in [0.15, 0.2) is 0 Å². The first kappa shape index (κ1) is 20.2. The molecule has 2 heteroatoms. The molecule has 0 aromatic rings. The van der Waals surface area contributed by atoms with Gasteiger partial charge < -0.3 is 9.80 Å². The fourth-order valence-corrected chi connectivity index (χ4v) is 2.66. The third-order valence-corrected chi connectivity index (χ3v) is 4.18. The molecule has 0 aromatic carbocycles. The molecule has 0 radical (unpaired) electrons. The molecule has 2 nitrogen and oxygen atoms in total. The van der Waals surface area contributed by atoms with Gasteiger partial charge in [-0.3, -0.25) is 0 Å². The first-order chi connectivity index (χ1) is 9.90. The average molecular weight is 295 g/mol. The van der Waals surface area contributed by atoms with Crippen LogP contribution in [-0.2, 0) is 0 Å². The Morgan fingerprint density at radius 2 is 1.71 bits per heavy atom. The zero-order valence-electron chi connectivity index (χ0n) is 15.4. The zero-order valence-corrected chi connectivity index (χ0v) is 15.4. The van der Waals surface area contributed by atoms with E-state index in [-0.39, 0.29) is 0 Å². The topological polar surface area (TPSA) is 6.48 Å². The summed E-state index contributed by atoms with van der Waals surface area (Å²) in [5, 5.41) is 0. The van der Waals surface area contributed by atoms with Gasteiger partial charge in [0.1, 0.15) is 0 Å². The number of hydrogen-bond acceptors (Lipinski definition) is 2. The van der Waals surface area contributed by atoms with E-state index in [4.69, 9.17) is 0 Å². The highest BCUT2D eigenvalue weighted by Gasteiger charge is 2.20. The molecule has 1 heterocycles. The van der Waals surface area contributed by atoms with E-state index in [0.29, 0.717) is 0 Å². The summed E-state index contributed by atoms with van der Waals surface area (Å²) < 4.78 is 0. The van der Waals surface area contributed by atoms with Gasteiger partial charge >= 0.3 is 0 Å². The Morgan fingerprint density at radius 3 is 2.14 bits per heavy atom. The van der Waals surface area contributed by atoms with Crippen LogP contribution in [0, 0.1) is 11.8 Å². The lowest BCUT2D eigenvalue weighted by Crippen LogP contribution is -2.37. The van der Waals surface area contributed by atoms with Crippen molar-refractivity contribution >= 4 is 0 Å². The zero-order chi connectivity index (χ0) is 16.4. The summed E-state index contributed by atoms with van der Waals surface area (Å²) in [6.45, 7) is 23.6. The van der Waals surface area contributed by atoms with Gasteiger partial charge in [0.05, 0.1) is 0 Å². The summed E-state index contributed by atoms with van der Waals surface area (Å²) in [6.07, 6.45) is 3.75. The van der Waals surface area contributed by atoms with Crippen molar-refractivity contribution in [1.82, 2.24) is 9.80 Å². The maximum Gasteiger partial charge on any atom is 0.0374 e. The summed E-state index contributed by atoms with van der Waals surface area (Å²) in [5.74, 6) is 1.50. The summed E-state index contributed by atoms with van der Waals surface area (Å²) in [6, 6.07) is 0. The quantitative estimate of drug-likeness (QED) is 0.623. The van der Waals surface area contributed by atoms with Crippen molar-refractivity contribution in [3.05, 3.63) is 24.4 Å². The van der Waals surface area contributed by atoms with Gasteiger partial charge in [0.2, 0.25) is 0 Å². The molecule has 0 aliphatic carbocycles. The first-order valence-electron chi connectivity index (χ1n) is 8.66. The number of likely N-dealkylation sites (tertiary alicyclic amines) is 1. The van der Waals surface area contributed by atoms with Crippen LogP contribution in [0.15, 0.2) is 24.4 Å². The van der Waals surface area contributed by atoms with Crippen LogP contribution in [0.4, 0.5) is 0 Å². The Hall–Kier alpha value is -0.760.